The fourth-order valence-electron chi connectivity index (χ4n) is 1.63. The Labute approximate surface area is 115 Å². The summed E-state index contributed by atoms with van der Waals surface area (Å²) in [5, 5.41) is 7.66. The first-order valence-electron chi connectivity index (χ1n) is 5.72. The van der Waals surface area contributed by atoms with Crippen molar-refractivity contribution < 1.29 is 4.74 Å². The van der Waals surface area contributed by atoms with E-state index in [1.54, 1.807) is 18.3 Å². The number of nitrogens with zero attached hydrogens (tertiary/aromatic N) is 2. The number of halogens is 1. The van der Waals surface area contributed by atoms with Gasteiger partial charge in [0.1, 0.15) is 5.69 Å². The number of hydrogen-bond donors (Lipinski definition) is 2. The lowest BCUT2D eigenvalue weighted by atomic mass is 10.1. The van der Waals surface area contributed by atoms with Crippen molar-refractivity contribution in [3.8, 4) is 17.1 Å². The van der Waals surface area contributed by atoms with Crippen LogP contribution in [0, 0.1) is 5.41 Å². The minimum Gasteiger partial charge on any atom is -0.477 e. The molecule has 0 radical (unpaired) electrons. The number of nitrogen functional groups attached to an aromatic ring is 1. The fraction of sp³-hybridized carbons (Fsp3) is 0.154. The zero-order valence-corrected chi connectivity index (χ0v) is 11.1. The van der Waals surface area contributed by atoms with Gasteiger partial charge < -0.3 is 15.9 Å². The van der Waals surface area contributed by atoms with E-state index in [1.165, 1.54) is 0 Å². The van der Waals surface area contributed by atoms with E-state index in [4.69, 9.17) is 27.5 Å². The third-order valence-corrected chi connectivity index (χ3v) is 2.82. The van der Waals surface area contributed by atoms with Crippen LogP contribution in [0.3, 0.4) is 0 Å². The largest absolute Gasteiger partial charge is 0.477 e. The summed E-state index contributed by atoms with van der Waals surface area (Å²) in [6, 6.07) is 5.26. The highest BCUT2D eigenvalue weighted by atomic mass is 35.5. The van der Waals surface area contributed by atoms with Crippen molar-refractivity contribution in [1.29, 1.82) is 5.41 Å². The lowest BCUT2D eigenvalue weighted by Crippen LogP contribution is -2.01. The first kappa shape index (κ1) is 13.3. The van der Waals surface area contributed by atoms with Crippen molar-refractivity contribution in [1.82, 2.24) is 9.97 Å². The number of nitrogens with two attached hydrogens (primary N) is 1. The van der Waals surface area contributed by atoms with Gasteiger partial charge in [-0.3, -0.25) is 0 Å². The van der Waals surface area contributed by atoms with Crippen LogP contribution in [-0.4, -0.2) is 22.8 Å². The quantitative estimate of drug-likeness (QED) is 0.841. The molecule has 2 heterocycles. The van der Waals surface area contributed by atoms with Gasteiger partial charge in [0.05, 0.1) is 28.6 Å². The Morgan fingerprint density at radius 3 is 3.00 bits per heavy atom. The third kappa shape index (κ3) is 2.66. The predicted octanol–water partition coefficient (Wildman–Crippen LogP) is 2.78. The van der Waals surface area contributed by atoms with Crippen molar-refractivity contribution in [2.75, 3.05) is 12.3 Å². The molecule has 0 saturated heterocycles. The first-order valence-corrected chi connectivity index (χ1v) is 6.09. The first-order chi connectivity index (χ1) is 9.17. The van der Waals surface area contributed by atoms with Gasteiger partial charge in [0.2, 0.25) is 5.88 Å². The molecule has 2 aromatic rings. The smallest absolute Gasteiger partial charge is 0.222 e. The van der Waals surface area contributed by atoms with Gasteiger partial charge in [-0.25, -0.2) is 9.97 Å². The van der Waals surface area contributed by atoms with Crippen molar-refractivity contribution in [2.24, 2.45) is 0 Å². The monoisotopic (exact) mass is 276 g/mol. The molecular weight excluding hydrogens is 264 g/mol. The molecule has 0 aliphatic rings. The van der Waals surface area contributed by atoms with Gasteiger partial charge in [-0.2, -0.15) is 0 Å². The number of anilines is 1. The molecule has 0 spiro atoms. The predicted molar refractivity (Wildman–Crippen MR) is 75.9 cm³/mol. The third-order valence-electron chi connectivity index (χ3n) is 2.50. The molecule has 2 rings (SSSR count). The molecule has 0 bridgehead atoms. The highest BCUT2D eigenvalue weighted by molar-refractivity contribution is 6.33. The normalized spacial score (nSPS) is 10.2. The maximum absolute atomic E-state index is 7.30. The van der Waals surface area contributed by atoms with E-state index in [1.807, 2.05) is 13.0 Å². The van der Waals surface area contributed by atoms with E-state index in [2.05, 4.69) is 9.97 Å². The number of ether oxygens (including phenoxy) is 1. The molecule has 0 unspecified atom stereocenters. The van der Waals surface area contributed by atoms with Gasteiger partial charge in [0.15, 0.2) is 0 Å². The summed E-state index contributed by atoms with van der Waals surface area (Å²) in [4.78, 5) is 8.45. The molecule has 0 amide bonds. The van der Waals surface area contributed by atoms with Gasteiger partial charge in [-0.1, -0.05) is 11.6 Å². The van der Waals surface area contributed by atoms with Crippen molar-refractivity contribution >= 4 is 23.5 Å². The average Bonchev–Trinajstić information content (AvgIpc) is 2.43. The summed E-state index contributed by atoms with van der Waals surface area (Å²) in [6.45, 7) is 2.38. The second kappa shape index (κ2) is 5.67. The van der Waals surface area contributed by atoms with Crippen molar-refractivity contribution in [2.45, 2.75) is 6.92 Å². The van der Waals surface area contributed by atoms with Crippen LogP contribution < -0.4 is 10.5 Å². The maximum Gasteiger partial charge on any atom is 0.222 e. The van der Waals surface area contributed by atoms with E-state index in [0.717, 1.165) is 6.21 Å². The standard InChI is InChI=1S/C13H13ClN4O/c1-2-19-13-8(4-3-5-17-13)10-6-9(14)12(16)11(7-15)18-10/h3-7,15H,2,16H2,1H3. The molecule has 3 N–H and O–H groups in total. The Morgan fingerprint density at radius 2 is 2.32 bits per heavy atom. The van der Waals surface area contributed by atoms with Crippen LogP contribution in [-0.2, 0) is 0 Å². The second-order valence-electron chi connectivity index (χ2n) is 3.72. The van der Waals surface area contributed by atoms with E-state index in [9.17, 15) is 0 Å². The van der Waals surface area contributed by atoms with E-state index in [0.29, 0.717) is 40.1 Å². The van der Waals surface area contributed by atoms with Crippen LogP contribution >= 0.6 is 11.6 Å². The average molecular weight is 277 g/mol. The van der Waals surface area contributed by atoms with Crippen LogP contribution in [0.4, 0.5) is 5.69 Å². The van der Waals surface area contributed by atoms with Gasteiger partial charge in [0, 0.05) is 12.4 Å². The van der Waals surface area contributed by atoms with E-state index in [-0.39, 0.29) is 0 Å². The Balaban J connectivity index is 2.59. The molecule has 0 aliphatic carbocycles. The molecule has 98 valence electrons. The SMILES string of the molecule is CCOc1ncccc1-c1cc(Cl)c(N)c(C=N)n1. The molecule has 0 aliphatic heterocycles. The summed E-state index contributed by atoms with van der Waals surface area (Å²) in [7, 11) is 0. The highest BCUT2D eigenvalue weighted by Gasteiger charge is 2.12. The van der Waals surface area contributed by atoms with Gasteiger partial charge in [-0.05, 0) is 25.1 Å². The Morgan fingerprint density at radius 1 is 1.53 bits per heavy atom. The molecule has 0 saturated carbocycles. The molecule has 6 heteroatoms. The highest BCUT2D eigenvalue weighted by Crippen LogP contribution is 2.31. The van der Waals surface area contributed by atoms with Gasteiger partial charge in [0.25, 0.3) is 0 Å². The van der Waals surface area contributed by atoms with Crippen LogP contribution in [0.1, 0.15) is 12.6 Å². The minimum atomic E-state index is 0.294. The summed E-state index contributed by atoms with van der Waals surface area (Å²) in [5.41, 5.74) is 7.66. The molecule has 0 fully saturated rings. The number of pyridine rings is 2. The molecule has 19 heavy (non-hydrogen) atoms. The lowest BCUT2D eigenvalue weighted by Gasteiger charge is -2.10. The summed E-state index contributed by atoms with van der Waals surface area (Å²) >= 11 is 6.05. The van der Waals surface area contributed by atoms with E-state index >= 15 is 0 Å². The van der Waals surface area contributed by atoms with Crippen LogP contribution in [0.25, 0.3) is 11.3 Å². The Hall–Kier alpha value is -2.14. The summed E-state index contributed by atoms with van der Waals surface area (Å²) < 4.78 is 5.45. The zero-order chi connectivity index (χ0) is 13.8. The molecule has 2 aromatic heterocycles. The topological polar surface area (TPSA) is 84.9 Å². The van der Waals surface area contributed by atoms with Gasteiger partial charge in [-0.15, -0.1) is 0 Å². The number of aromatic nitrogens is 2. The minimum absolute atomic E-state index is 0.294. The van der Waals surface area contributed by atoms with E-state index < -0.39 is 0 Å². The fourth-order valence-corrected chi connectivity index (χ4v) is 1.83. The van der Waals surface area contributed by atoms with Crippen LogP contribution in [0.2, 0.25) is 5.02 Å². The van der Waals surface area contributed by atoms with Crippen LogP contribution in [0.5, 0.6) is 5.88 Å². The Kier molecular flexibility index (Phi) is 3.97. The van der Waals surface area contributed by atoms with Crippen molar-refractivity contribution in [3.05, 3.63) is 35.1 Å². The molecular formula is C13H13ClN4O. The Bertz CT molecular complexity index is 616. The second-order valence-corrected chi connectivity index (χ2v) is 4.13. The number of rotatable bonds is 4. The van der Waals surface area contributed by atoms with Crippen LogP contribution in [0.15, 0.2) is 24.4 Å². The zero-order valence-electron chi connectivity index (χ0n) is 10.4. The number of nitrogens with one attached hydrogen (secondary N) is 1. The summed E-state index contributed by atoms with van der Waals surface area (Å²) in [6.07, 6.45) is 2.71. The van der Waals surface area contributed by atoms with Crippen molar-refractivity contribution in [3.63, 3.8) is 0 Å². The van der Waals surface area contributed by atoms with Gasteiger partial charge >= 0.3 is 0 Å². The summed E-state index contributed by atoms with van der Waals surface area (Å²) in [5.74, 6) is 0.481. The maximum atomic E-state index is 7.30. The lowest BCUT2D eigenvalue weighted by molar-refractivity contribution is 0.328. The molecule has 0 atom stereocenters. The molecule has 0 aromatic carbocycles. The molecule has 5 nitrogen and oxygen atoms in total. The number of hydrogen-bond acceptors (Lipinski definition) is 5.